The number of thioether (sulfide) groups is 1. The molecule has 0 fully saturated rings. The number of rotatable bonds is 13. The summed E-state index contributed by atoms with van der Waals surface area (Å²) in [6.07, 6.45) is 13.9. The molecule has 0 saturated carbocycles. The number of amides is 1. The Morgan fingerprint density at radius 2 is 1.53 bits per heavy atom. The highest BCUT2D eigenvalue weighted by Crippen LogP contribution is 2.11. The Morgan fingerprint density at radius 3 is 2.06 bits per heavy atom. The first-order valence-electron chi connectivity index (χ1n) is 6.97. The minimum Gasteiger partial charge on any atom is -0.369 e. The predicted molar refractivity (Wildman–Crippen MR) is 78.0 cm³/mol. The molecule has 0 atom stereocenters. The molecule has 2 N–H and O–H groups in total. The van der Waals surface area contributed by atoms with Gasteiger partial charge in [-0.05, 0) is 12.2 Å². The van der Waals surface area contributed by atoms with Crippen molar-refractivity contribution in [2.45, 2.75) is 64.7 Å². The van der Waals surface area contributed by atoms with Crippen LogP contribution in [0.25, 0.3) is 0 Å². The summed E-state index contributed by atoms with van der Waals surface area (Å²) in [6, 6.07) is 0. The highest BCUT2D eigenvalue weighted by Gasteiger charge is 1.96. The molecule has 0 unspecified atom stereocenters. The van der Waals surface area contributed by atoms with Crippen LogP contribution >= 0.6 is 11.8 Å². The van der Waals surface area contributed by atoms with E-state index in [4.69, 9.17) is 5.73 Å². The van der Waals surface area contributed by atoms with Crippen molar-refractivity contribution < 1.29 is 4.79 Å². The lowest BCUT2D eigenvalue weighted by molar-refractivity contribution is -0.114. The van der Waals surface area contributed by atoms with Gasteiger partial charge in [-0.25, -0.2) is 0 Å². The third kappa shape index (κ3) is 15.8. The van der Waals surface area contributed by atoms with Crippen LogP contribution < -0.4 is 5.73 Å². The Bertz CT molecular complexity index is 174. The van der Waals surface area contributed by atoms with Crippen LogP contribution in [0.15, 0.2) is 0 Å². The molecular weight excluding hydrogens is 230 g/mol. The molecule has 0 aromatic carbocycles. The second-order valence-corrected chi connectivity index (χ2v) is 5.66. The molecule has 101 valence electrons. The number of primary amides is 1. The largest absolute Gasteiger partial charge is 0.369 e. The van der Waals surface area contributed by atoms with Crippen LogP contribution in [0.3, 0.4) is 0 Å². The van der Waals surface area contributed by atoms with Gasteiger partial charge in [0.1, 0.15) is 0 Å². The van der Waals surface area contributed by atoms with E-state index in [1.54, 1.807) is 18.2 Å². The van der Waals surface area contributed by atoms with Crippen molar-refractivity contribution in [3.8, 4) is 0 Å². The van der Waals surface area contributed by atoms with E-state index in [0.717, 1.165) is 11.5 Å². The molecule has 0 spiro atoms. The summed E-state index contributed by atoms with van der Waals surface area (Å²) in [6.45, 7) is 2.26. The van der Waals surface area contributed by atoms with Gasteiger partial charge in [-0.2, -0.15) is 11.8 Å². The van der Waals surface area contributed by atoms with E-state index in [1.807, 2.05) is 0 Å². The van der Waals surface area contributed by atoms with Crippen molar-refractivity contribution in [3.63, 3.8) is 0 Å². The Morgan fingerprint density at radius 1 is 1.00 bits per heavy atom. The lowest BCUT2D eigenvalue weighted by Crippen LogP contribution is -2.12. The topological polar surface area (TPSA) is 43.1 Å². The van der Waals surface area contributed by atoms with Crippen LogP contribution in [-0.2, 0) is 4.79 Å². The van der Waals surface area contributed by atoms with Crippen molar-refractivity contribution in [3.05, 3.63) is 6.42 Å². The predicted octanol–water partition coefficient (Wildman–Crippen LogP) is 3.94. The molecule has 1 amide bonds. The molecule has 17 heavy (non-hydrogen) atoms. The first kappa shape index (κ1) is 16.8. The summed E-state index contributed by atoms with van der Waals surface area (Å²) in [5.41, 5.74) is 5.02. The molecule has 0 aliphatic heterocycles. The quantitative estimate of drug-likeness (QED) is 0.508. The van der Waals surface area contributed by atoms with Gasteiger partial charge in [-0.3, -0.25) is 4.79 Å². The minimum absolute atomic E-state index is 0.301. The van der Waals surface area contributed by atoms with Gasteiger partial charge in [-0.1, -0.05) is 58.3 Å². The average Bonchev–Trinajstić information content (AvgIpc) is 2.30. The van der Waals surface area contributed by atoms with Gasteiger partial charge in [0.25, 0.3) is 0 Å². The number of carbonyl (C=O) groups excluding carboxylic acids is 1. The lowest BCUT2D eigenvalue weighted by Gasteiger charge is -2.02. The monoisotopic (exact) mass is 258 g/mol. The van der Waals surface area contributed by atoms with Gasteiger partial charge in [0.05, 0.1) is 6.42 Å². The number of nitrogens with two attached hydrogens (primary N) is 1. The van der Waals surface area contributed by atoms with E-state index in [9.17, 15) is 4.79 Å². The Hall–Kier alpha value is -0.180. The van der Waals surface area contributed by atoms with Crippen LogP contribution in [-0.4, -0.2) is 17.4 Å². The molecule has 0 aromatic heterocycles. The third-order valence-corrected chi connectivity index (χ3v) is 3.77. The zero-order valence-electron chi connectivity index (χ0n) is 11.2. The van der Waals surface area contributed by atoms with Crippen molar-refractivity contribution >= 4 is 17.7 Å². The number of hydrogen-bond donors (Lipinski definition) is 1. The van der Waals surface area contributed by atoms with Crippen LogP contribution in [0.2, 0.25) is 0 Å². The number of hydrogen-bond acceptors (Lipinski definition) is 2. The van der Waals surface area contributed by atoms with E-state index in [2.05, 4.69) is 6.92 Å². The summed E-state index contributed by atoms with van der Waals surface area (Å²) in [5.74, 6) is 1.62. The molecule has 1 radical (unpaired) electrons. The van der Waals surface area contributed by atoms with Gasteiger partial charge in [-0.15, -0.1) is 0 Å². The van der Waals surface area contributed by atoms with Crippen molar-refractivity contribution in [1.29, 1.82) is 0 Å². The Kier molecular flexibility index (Phi) is 13.7. The summed E-state index contributed by atoms with van der Waals surface area (Å²) >= 11 is 1.80. The molecule has 0 aliphatic carbocycles. The second kappa shape index (κ2) is 13.9. The van der Waals surface area contributed by atoms with Crippen molar-refractivity contribution in [1.82, 2.24) is 0 Å². The molecule has 0 heterocycles. The molecule has 0 bridgehead atoms. The maximum atomic E-state index is 10.4. The fourth-order valence-corrected chi connectivity index (χ4v) is 2.60. The molecule has 0 aromatic rings. The number of unbranched alkanes of at least 4 members (excludes halogenated alkanes) is 8. The van der Waals surface area contributed by atoms with Crippen molar-refractivity contribution in [2.24, 2.45) is 5.73 Å². The molecule has 3 heteroatoms. The maximum absolute atomic E-state index is 10.4. The first-order valence-corrected chi connectivity index (χ1v) is 8.13. The van der Waals surface area contributed by atoms with E-state index in [1.165, 1.54) is 57.8 Å². The standard InChI is InChI=1S/C14H28NOS/c1-2-3-4-5-6-7-8-9-10-12-17-13-11-14(15)16/h11H,2-10,12-13H2,1H3,(H2,15,16). The highest BCUT2D eigenvalue weighted by molar-refractivity contribution is 7.99. The van der Waals surface area contributed by atoms with E-state index in [-0.39, 0.29) is 5.91 Å². The molecule has 0 aliphatic rings. The highest BCUT2D eigenvalue weighted by atomic mass is 32.2. The van der Waals surface area contributed by atoms with Crippen LogP contribution in [0, 0.1) is 6.42 Å². The smallest absolute Gasteiger partial charge is 0.222 e. The lowest BCUT2D eigenvalue weighted by atomic mass is 10.1. The zero-order valence-corrected chi connectivity index (χ0v) is 12.1. The number of carbonyl (C=O) groups is 1. The molecule has 0 rings (SSSR count). The maximum Gasteiger partial charge on any atom is 0.222 e. The van der Waals surface area contributed by atoms with Gasteiger partial charge in [0, 0.05) is 5.75 Å². The van der Waals surface area contributed by atoms with Gasteiger partial charge in [0.15, 0.2) is 0 Å². The van der Waals surface area contributed by atoms with Crippen LogP contribution in [0.4, 0.5) is 0 Å². The van der Waals surface area contributed by atoms with E-state index in [0.29, 0.717) is 0 Å². The normalized spacial score (nSPS) is 10.6. The summed E-state index contributed by atoms with van der Waals surface area (Å²) in [5, 5.41) is 0. The summed E-state index contributed by atoms with van der Waals surface area (Å²) in [4.78, 5) is 10.4. The van der Waals surface area contributed by atoms with E-state index >= 15 is 0 Å². The SMILES string of the molecule is CCCCCCCCCCCSC[CH]C(N)=O. The fourth-order valence-electron chi connectivity index (χ4n) is 1.74. The second-order valence-electron chi connectivity index (χ2n) is 4.51. The molecular formula is C14H28NOS. The Labute approximate surface area is 111 Å². The molecule has 2 nitrogen and oxygen atoms in total. The average molecular weight is 258 g/mol. The summed E-state index contributed by atoms with van der Waals surface area (Å²) < 4.78 is 0. The minimum atomic E-state index is -0.301. The molecule has 0 saturated heterocycles. The van der Waals surface area contributed by atoms with Gasteiger partial charge in [0.2, 0.25) is 5.91 Å². The fraction of sp³-hybridized carbons (Fsp3) is 0.857. The van der Waals surface area contributed by atoms with Gasteiger partial charge < -0.3 is 5.73 Å². The zero-order chi connectivity index (χ0) is 12.8. The third-order valence-electron chi connectivity index (χ3n) is 2.79. The van der Waals surface area contributed by atoms with Gasteiger partial charge >= 0.3 is 0 Å². The van der Waals surface area contributed by atoms with Crippen molar-refractivity contribution in [2.75, 3.05) is 11.5 Å². The van der Waals surface area contributed by atoms with E-state index < -0.39 is 0 Å². The first-order chi connectivity index (χ1) is 8.27. The van der Waals surface area contributed by atoms with Crippen LogP contribution in [0.5, 0.6) is 0 Å². The van der Waals surface area contributed by atoms with Crippen LogP contribution in [0.1, 0.15) is 64.7 Å². The Balaban J connectivity index is 2.91. The summed E-state index contributed by atoms with van der Waals surface area (Å²) in [7, 11) is 0.